The van der Waals surface area contributed by atoms with Gasteiger partial charge in [0.05, 0.1) is 27.0 Å². The van der Waals surface area contributed by atoms with E-state index in [-0.39, 0.29) is 50.2 Å². The number of halogens is 2. The van der Waals surface area contributed by atoms with E-state index in [1.54, 1.807) is 12.1 Å². The van der Waals surface area contributed by atoms with Gasteiger partial charge in [0.25, 0.3) is 5.69 Å². The second-order valence-corrected chi connectivity index (χ2v) is 12.0. The molecule has 0 bridgehead atoms. The number of unbranched alkanes of at least 4 members (excludes halogenated alkanes) is 4. The van der Waals surface area contributed by atoms with Crippen molar-refractivity contribution in [1.82, 2.24) is 0 Å². The monoisotopic (exact) mass is 655 g/mol. The summed E-state index contributed by atoms with van der Waals surface area (Å²) in [6.45, 7) is 2.22. The summed E-state index contributed by atoms with van der Waals surface area (Å²) in [5.74, 6) is -0.719. The fraction of sp³-hybridized carbons (Fsp3) is 0.382. The Balaban J connectivity index is 1.25. The van der Waals surface area contributed by atoms with Crippen molar-refractivity contribution in [2.45, 2.75) is 71.1 Å². The van der Waals surface area contributed by atoms with E-state index in [0.717, 1.165) is 37.8 Å². The summed E-state index contributed by atoms with van der Waals surface area (Å²) in [7, 11) is 0. The Labute approximate surface area is 271 Å². The van der Waals surface area contributed by atoms with Gasteiger partial charge in [-0.1, -0.05) is 68.7 Å². The van der Waals surface area contributed by atoms with Crippen LogP contribution in [0.4, 0.5) is 5.69 Å². The first-order valence-electron chi connectivity index (χ1n) is 15.1. The molecule has 0 heterocycles. The fourth-order valence-electron chi connectivity index (χ4n) is 5.33. The number of nitrogens with zero attached hydrogens (tertiary/aromatic N) is 1. The first-order valence-corrected chi connectivity index (χ1v) is 15.9. The Morgan fingerprint density at radius 2 is 1.36 bits per heavy atom. The Morgan fingerprint density at radius 3 is 1.98 bits per heavy atom. The number of benzene rings is 3. The van der Waals surface area contributed by atoms with E-state index < -0.39 is 16.9 Å². The summed E-state index contributed by atoms with van der Waals surface area (Å²) in [5.41, 5.74) is -0.121. The molecule has 1 fully saturated rings. The average Bonchev–Trinajstić information content (AvgIpc) is 3.01. The molecule has 9 nitrogen and oxygen atoms in total. The lowest BCUT2D eigenvalue weighted by Gasteiger charge is -2.27. The minimum atomic E-state index is -0.834. The predicted octanol–water partition coefficient (Wildman–Crippen LogP) is 9.41. The first-order chi connectivity index (χ1) is 21.6. The molecule has 1 saturated carbocycles. The maximum atomic E-state index is 12.7. The van der Waals surface area contributed by atoms with E-state index in [0.29, 0.717) is 11.7 Å². The molecule has 1 aliphatic carbocycles. The maximum absolute atomic E-state index is 12.7. The lowest BCUT2D eigenvalue weighted by molar-refractivity contribution is -0.384. The van der Waals surface area contributed by atoms with Crippen LogP contribution in [0.15, 0.2) is 60.7 Å². The second-order valence-electron chi connectivity index (χ2n) is 11.2. The van der Waals surface area contributed by atoms with Crippen molar-refractivity contribution in [2.24, 2.45) is 11.8 Å². The molecule has 4 rings (SSSR count). The molecule has 0 N–H and O–H groups in total. The molecule has 3 aromatic carbocycles. The largest absolute Gasteiger partial charge is 0.426 e. The number of ether oxygens (including phenoxy) is 3. The lowest BCUT2D eigenvalue weighted by atomic mass is 9.80. The van der Waals surface area contributed by atoms with E-state index in [2.05, 4.69) is 6.92 Å². The number of nitro benzene ring substituents is 1. The van der Waals surface area contributed by atoms with Crippen LogP contribution in [0.25, 0.3) is 0 Å². The topological polar surface area (TPSA) is 122 Å². The van der Waals surface area contributed by atoms with Crippen molar-refractivity contribution in [2.75, 3.05) is 0 Å². The minimum absolute atomic E-state index is 0.00725. The number of carbonyl (C=O) groups is 3. The molecule has 11 heteroatoms. The van der Waals surface area contributed by atoms with Crippen molar-refractivity contribution in [3.63, 3.8) is 0 Å². The Morgan fingerprint density at radius 1 is 0.756 bits per heavy atom. The normalized spacial score (nSPS) is 16.1. The average molecular weight is 657 g/mol. The van der Waals surface area contributed by atoms with Gasteiger partial charge in [0.2, 0.25) is 0 Å². The summed E-state index contributed by atoms with van der Waals surface area (Å²) in [6, 6.07) is 13.6. The van der Waals surface area contributed by atoms with Crippen LogP contribution in [0.3, 0.4) is 0 Å². The van der Waals surface area contributed by atoms with Crippen LogP contribution in [-0.2, 0) is 4.79 Å². The number of nitro groups is 1. The first kappa shape index (κ1) is 33.9. The van der Waals surface area contributed by atoms with Gasteiger partial charge in [0.1, 0.15) is 22.3 Å². The Hall–Kier alpha value is -3.95. The van der Waals surface area contributed by atoms with Crippen molar-refractivity contribution >= 4 is 46.8 Å². The van der Waals surface area contributed by atoms with E-state index in [1.807, 2.05) is 0 Å². The standard InChI is InChI=1S/C34H35Cl2NO8/c1-2-3-4-5-6-7-22-8-10-23(11-9-22)32(38)43-25-14-12-24(13-15-25)33(39)44-26-16-18-28(29(35)20-26)34(40)45-27-17-19-31(37(41)42)30(36)21-27/h12-23H,2-11H2,1H3/t22-,23-. The van der Waals surface area contributed by atoms with Crippen LogP contribution in [0.5, 0.6) is 17.2 Å². The molecule has 0 amide bonds. The third-order valence-corrected chi connectivity index (χ3v) is 8.52. The fourth-order valence-corrected chi connectivity index (χ4v) is 5.82. The zero-order chi connectivity index (χ0) is 32.3. The van der Waals surface area contributed by atoms with Gasteiger partial charge in [-0.3, -0.25) is 14.9 Å². The molecule has 0 spiro atoms. The van der Waals surface area contributed by atoms with Gasteiger partial charge >= 0.3 is 17.9 Å². The van der Waals surface area contributed by atoms with Crippen LogP contribution in [0, 0.1) is 22.0 Å². The van der Waals surface area contributed by atoms with Crippen LogP contribution in [-0.4, -0.2) is 22.8 Å². The molecular formula is C34H35Cl2NO8. The van der Waals surface area contributed by atoms with Gasteiger partial charge in [-0.05, 0) is 74.1 Å². The van der Waals surface area contributed by atoms with Crippen LogP contribution >= 0.6 is 23.2 Å². The van der Waals surface area contributed by atoms with Gasteiger partial charge in [-0.2, -0.15) is 0 Å². The molecule has 0 aromatic heterocycles. The Kier molecular flexibility index (Phi) is 12.4. The molecule has 238 valence electrons. The highest BCUT2D eigenvalue weighted by Crippen LogP contribution is 2.34. The summed E-state index contributed by atoms with van der Waals surface area (Å²) < 4.78 is 16.2. The minimum Gasteiger partial charge on any atom is -0.426 e. The summed E-state index contributed by atoms with van der Waals surface area (Å²) >= 11 is 12.1. The van der Waals surface area contributed by atoms with E-state index in [1.165, 1.54) is 74.9 Å². The van der Waals surface area contributed by atoms with Gasteiger partial charge < -0.3 is 14.2 Å². The summed E-state index contributed by atoms with van der Waals surface area (Å²) in [5, 5.41) is 10.7. The summed E-state index contributed by atoms with van der Waals surface area (Å²) in [6.07, 6.45) is 11.4. The van der Waals surface area contributed by atoms with Crippen molar-refractivity contribution in [3.8, 4) is 17.2 Å². The van der Waals surface area contributed by atoms with Gasteiger partial charge in [0.15, 0.2) is 0 Å². The highest BCUT2D eigenvalue weighted by Gasteiger charge is 2.27. The second kappa shape index (κ2) is 16.4. The molecule has 45 heavy (non-hydrogen) atoms. The highest BCUT2D eigenvalue weighted by molar-refractivity contribution is 6.34. The van der Waals surface area contributed by atoms with E-state index in [9.17, 15) is 24.5 Å². The number of hydrogen-bond donors (Lipinski definition) is 0. The number of esters is 3. The lowest BCUT2D eigenvalue weighted by Crippen LogP contribution is -2.25. The third-order valence-electron chi connectivity index (χ3n) is 7.90. The molecule has 3 aromatic rings. The zero-order valence-corrected chi connectivity index (χ0v) is 26.5. The van der Waals surface area contributed by atoms with Gasteiger partial charge in [0, 0.05) is 18.2 Å². The molecule has 0 unspecified atom stereocenters. The van der Waals surface area contributed by atoms with Crippen LogP contribution in [0.1, 0.15) is 91.8 Å². The maximum Gasteiger partial charge on any atom is 0.345 e. The SMILES string of the molecule is CCCCCCC[C@H]1CC[C@H](C(=O)Oc2ccc(C(=O)Oc3ccc(C(=O)Oc4ccc([N+](=O)[O-])c(Cl)c4)c(Cl)c3)cc2)CC1. The molecular weight excluding hydrogens is 621 g/mol. The Bertz CT molecular complexity index is 1520. The van der Waals surface area contributed by atoms with Gasteiger partial charge in [-0.15, -0.1) is 0 Å². The molecule has 1 aliphatic rings. The summed E-state index contributed by atoms with van der Waals surface area (Å²) in [4.78, 5) is 48.3. The van der Waals surface area contributed by atoms with Crippen molar-refractivity contribution < 1.29 is 33.5 Å². The quantitative estimate of drug-likeness (QED) is 0.0586. The van der Waals surface area contributed by atoms with Crippen molar-refractivity contribution in [3.05, 3.63) is 92.0 Å². The van der Waals surface area contributed by atoms with E-state index in [4.69, 9.17) is 37.4 Å². The molecule has 0 radical (unpaired) electrons. The molecule has 0 saturated heterocycles. The number of rotatable bonds is 13. The highest BCUT2D eigenvalue weighted by atomic mass is 35.5. The number of carbonyl (C=O) groups excluding carboxylic acids is 3. The van der Waals surface area contributed by atoms with Crippen LogP contribution in [0.2, 0.25) is 10.0 Å². The van der Waals surface area contributed by atoms with E-state index >= 15 is 0 Å². The van der Waals surface area contributed by atoms with Crippen LogP contribution < -0.4 is 14.2 Å². The molecule has 0 atom stereocenters. The molecule has 0 aliphatic heterocycles. The van der Waals surface area contributed by atoms with Crippen molar-refractivity contribution in [1.29, 1.82) is 0 Å². The van der Waals surface area contributed by atoms with Gasteiger partial charge in [-0.25, -0.2) is 9.59 Å². The third kappa shape index (κ3) is 9.77. The zero-order valence-electron chi connectivity index (χ0n) is 25.0. The number of hydrogen-bond acceptors (Lipinski definition) is 8. The smallest absolute Gasteiger partial charge is 0.345 e. The predicted molar refractivity (Wildman–Crippen MR) is 170 cm³/mol.